The van der Waals surface area contributed by atoms with Crippen molar-refractivity contribution in [3.63, 3.8) is 0 Å². The normalized spacial score (nSPS) is 31.4. The van der Waals surface area contributed by atoms with E-state index in [1.54, 1.807) is 0 Å². The molecule has 0 radical (unpaired) electrons. The fourth-order valence-electron chi connectivity index (χ4n) is 1.84. The quantitative estimate of drug-likeness (QED) is 0.653. The van der Waals surface area contributed by atoms with Crippen molar-refractivity contribution in [3.8, 4) is 0 Å². The Bertz CT molecular complexity index is 189. The average molecular weight is 200 g/mol. The molecule has 0 unspecified atom stereocenters. The van der Waals surface area contributed by atoms with Crippen molar-refractivity contribution in [1.82, 2.24) is 0 Å². The molecule has 0 saturated carbocycles. The van der Waals surface area contributed by atoms with E-state index in [-0.39, 0.29) is 12.2 Å². The van der Waals surface area contributed by atoms with Gasteiger partial charge in [-0.15, -0.1) is 0 Å². The molecule has 1 saturated heterocycles. The predicted molar refractivity (Wildman–Crippen MR) is 54.0 cm³/mol. The summed E-state index contributed by atoms with van der Waals surface area (Å²) in [6.45, 7) is 5.88. The zero-order chi connectivity index (χ0) is 10.6. The van der Waals surface area contributed by atoms with Crippen LogP contribution in [-0.2, 0) is 14.3 Å². The Kier molecular flexibility index (Phi) is 4.08. The standard InChI is InChI=1S/C11H20O3/c1-4-5-6-9-7-10(8-12)14-11(2,3)13-9/h8-10H,4-7H2,1-3H3/t9-,10-/m1/s1. The number of unbranched alkanes of at least 4 members (excludes halogenated alkanes) is 1. The lowest BCUT2D eigenvalue weighted by atomic mass is 10.0. The highest BCUT2D eigenvalue weighted by Gasteiger charge is 2.34. The van der Waals surface area contributed by atoms with Gasteiger partial charge in [0.15, 0.2) is 5.79 Å². The number of rotatable bonds is 4. The molecule has 0 spiro atoms. The van der Waals surface area contributed by atoms with Crippen LogP contribution in [0.1, 0.15) is 46.5 Å². The van der Waals surface area contributed by atoms with Crippen LogP contribution in [0.15, 0.2) is 0 Å². The molecule has 1 aliphatic rings. The molecule has 0 amide bonds. The maximum Gasteiger partial charge on any atom is 0.164 e. The number of hydrogen-bond donors (Lipinski definition) is 0. The van der Waals surface area contributed by atoms with Gasteiger partial charge in [-0.05, 0) is 20.3 Å². The Balaban J connectivity index is 2.47. The third-order valence-electron chi connectivity index (χ3n) is 2.41. The Morgan fingerprint density at radius 3 is 2.71 bits per heavy atom. The van der Waals surface area contributed by atoms with Gasteiger partial charge in [-0.25, -0.2) is 0 Å². The van der Waals surface area contributed by atoms with E-state index < -0.39 is 5.79 Å². The highest BCUT2D eigenvalue weighted by atomic mass is 16.7. The predicted octanol–water partition coefficient (Wildman–Crippen LogP) is 2.29. The Hall–Kier alpha value is -0.410. The molecule has 1 heterocycles. The molecule has 0 bridgehead atoms. The monoisotopic (exact) mass is 200 g/mol. The highest BCUT2D eigenvalue weighted by molar-refractivity contribution is 5.56. The molecule has 3 heteroatoms. The minimum absolute atomic E-state index is 0.175. The lowest BCUT2D eigenvalue weighted by Crippen LogP contribution is -2.45. The topological polar surface area (TPSA) is 35.5 Å². The minimum Gasteiger partial charge on any atom is -0.347 e. The summed E-state index contributed by atoms with van der Waals surface area (Å²) >= 11 is 0. The SMILES string of the molecule is CCCC[C@@H]1C[C@H](C=O)OC(C)(C)O1. The van der Waals surface area contributed by atoms with Crippen molar-refractivity contribution in [1.29, 1.82) is 0 Å². The van der Waals surface area contributed by atoms with Gasteiger partial charge in [-0.3, -0.25) is 0 Å². The number of hydrogen-bond acceptors (Lipinski definition) is 3. The summed E-state index contributed by atoms with van der Waals surface area (Å²) in [6.07, 6.45) is 4.79. The van der Waals surface area contributed by atoms with Gasteiger partial charge >= 0.3 is 0 Å². The van der Waals surface area contributed by atoms with E-state index in [1.165, 1.54) is 0 Å². The number of aldehydes is 1. The molecule has 0 aromatic carbocycles. The van der Waals surface area contributed by atoms with Crippen LogP contribution in [0.2, 0.25) is 0 Å². The lowest BCUT2D eigenvalue weighted by molar-refractivity contribution is -0.291. The summed E-state index contributed by atoms with van der Waals surface area (Å²) < 4.78 is 11.2. The van der Waals surface area contributed by atoms with E-state index in [9.17, 15) is 4.79 Å². The van der Waals surface area contributed by atoms with E-state index in [0.717, 1.165) is 25.5 Å². The van der Waals surface area contributed by atoms with Crippen LogP contribution in [0, 0.1) is 0 Å². The van der Waals surface area contributed by atoms with Gasteiger partial charge in [0.2, 0.25) is 0 Å². The summed E-state index contributed by atoms with van der Waals surface area (Å²) in [5.41, 5.74) is 0. The third kappa shape index (κ3) is 3.39. The van der Waals surface area contributed by atoms with Crippen LogP contribution in [0.25, 0.3) is 0 Å². The first-order chi connectivity index (χ1) is 6.57. The summed E-state index contributed by atoms with van der Waals surface area (Å²) in [6, 6.07) is 0. The number of carbonyl (C=O) groups is 1. The highest BCUT2D eigenvalue weighted by Crippen LogP contribution is 2.28. The van der Waals surface area contributed by atoms with E-state index in [0.29, 0.717) is 6.42 Å². The van der Waals surface area contributed by atoms with Gasteiger partial charge in [0.05, 0.1) is 6.10 Å². The Labute approximate surface area is 85.8 Å². The first-order valence-corrected chi connectivity index (χ1v) is 5.38. The van der Waals surface area contributed by atoms with Crippen molar-refractivity contribution in [2.45, 2.75) is 64.4 Å². The smallest absolute Gasteiger partial charge is 0.164 e. The maximum absolute atomic E-state index is 10.7. The third-order valence-corrected chi connectivity index (χ3v) is 2.41. The molecule has 3 nitrogen and oxygen atoms in total. The van der Waals surface area contributed by atoms with Gasteiger partial charge in [0.1, 0.15) is 12.4 Å². The Morgan fingerprint density at radius 1 is 1.43 bits per heavy atom. The first-order valence-electron chi connectivity index (χ1n) is 5.38. The van der Waals surface area contributed by atoms with E-state index in [2.05, 4.69) is 6.92 Å². The molecule has 14 heavy (non-hydrogen) atoms. The molecular weight excluding hydrogens is 180 g/mol. The zero-order valence-corrected chi connectivity index (χ0v) is 9.29. The van der Waals surface area contributed by atoms with Gasteiger partial charge in [-0.2, -0.15) is 0 Å². The van der Waals surface area contributed by atoms with Crippen molar-refractivity contribution >= 4 is 6.29 Å². The summed E-state index contributed by atoms with van der Waals surface area (Å²) in [5.74, 6) is -0.609. The first kappa shape index (κ1) is 11.7. The maximum atomic E-state index is 10.7. The second-order valence-electron chi connectivity index (χ2n) is 4.31. The van der Waals surface area contributed by atoms with Crippen LogP contribution in [0.3, 0.4) is 0 Å². The molecule has 1 fully saturated rings. The van der Waals surface area contributed by atoms with Gasteiger partial charge < -0.3 is 14.3 Å². The summed E-state index contributed by atoms with van der Waals surface area (Å²) in [7, 11) is 0. The molecule has 82 valence electrons. The summed E-state index contributed by atoms with van der Waals surface area (Å²) in [4.78, 5) is 10.7. The fourth-order valence-corrected chi connectivity index (χ4v) is 1.84. The number of carbonyl (C=O) groups excluding carboxylic acids is 1. The average Bonchev–Trinajstić information content (AvgIpc) is 2.12. The largest absolute Gasteiger partial charge is 0.347 e. The zero-order valence-electron chi connectivity index (χ0n) is 9.29. The van der Waals surface area contributed by atoms with Gasteiger partial charge in [-0.1, -0.05) is 19.8 Å². The molecule has 1 aliphatic heterocycles. The lowest BCUT2D eigenvalue weighted by Gasteiger charge is -2.39. The molecule has 0 N–H and O–H groups in total. The van der Waals surface area contributed by atoms with E-state index >= 15 is 0 Å². The van der Waals surface area contributed by atoms with Gasteiger partial charge in [0, 0.05) is 6.42 Å². The second kappa shape index (κ2) is 4.89. The van der Waals surface area contributed by atoms with Crippen molar-refractivity contribution in [2.75, 3.05) is 0 Å². The second-order valence-corrected chi connectivity index (χ2v) is 4.31. The van der Waals surface area contributed by atoms with Gasteiger partial charge in [0.25, 0.3) is 0 Å². The molecular formula is C11H20O3. The number of ether oxygens (including phenoxy) is 2. The van der Waals surface area contributed by atoms with Crippen LogP contribution in [0.5, 0.6) is 0 Å². The minimum atomic E-state index is -0.609. The van der Waals surface area contributed by atoms with Crippen molar-refractivity contribution < 1.29 is 14.3 Å². The molecule has 2 atom stereocenters. The van der Waals surface area contributed by atoms with Crippen LogP contribution < -0.4 is 0 Å². The van der Waals surface area contributed by atoms with Crippen molar-refractivity contribution in [2.24, 2.45) is 0 Å². The van der Waals surface area contributed by atoms with Crippen molar-refractivity contribution in [3.05, 3.63) is 0 Å². The van der Waals surface area contributed by atoms with Crippen LogP contribution >= 0.6 is 0 Å². The molecule has 0 aromatic rings. The fraction of sp³-hybridized carbons (Fsp3) is 0.909. The van der Waals surface area contributed by atoms with Crippen LogP contribution in [-0.4, -0.2) is 24.3 Å². The van der Waals surface area contributed by atoms with E-state index in [1.807, 2.05) is 13.8 Å². The van der Waals surface area contributed by atoms with Crippen LogP contribution in [0.4, 0.5) is 0 Å². The van der Waals surface area contributed by atoms with E-state index in [4.69, 9.17) is 9.47 Å². The Morgan fingerprint density at radius 2 is 2.14 bits per heavy atom. The summed E-state index contributed by atoms with van der Waals surface area (Å²) in [5, 5.41) is 0. The molecule has 0 aliphatic carbocycles. The molecule has 0 aromatic heterocycles. The molecule has 1 rings (SSSR count).